The van der Waals surface area contributed by atoms with E-state index in [1.54, 1.807) is 12.3 Å². The minimum absolute atomic E-state index is 0.0508. The number of ether oxygens (including phenoxy) is 1. The lowest BCUT2D eigenvalue weighted by Crippen LogP contribution is -2.43. The van der Waals surface area contributed by atoms with Crippen LogP contribution >= 0.6 is 0 Å². The number of hydrogen-bond donors (Lipinski definition) is 0. The molecule has 5 nitrogen and oxygen atoms in total. The minimum atomic E-state index is -0.134. The second-order valence-electron chi connectivity index (χ2n) is 8.79. The van der Waals surface area contributed by atoms with Gasteiger partial charge >= 0.3 is 0 Å². The summed E-state index contributed by atoms with van der Waals surface area (Å²) in [5, 5.41) is 0. The number of carbonyl (C=O) groups excluding carboxylic acids is 1. The summed E-state index contributed by atoms with van der Waals surface area (Å²) in [4.78, 5) is 21.9. The van der Waals surface area contributed by atoms with Crippen molar-refractivity contribution in [1.29, 1.82) is 0 Å². The number of amides is 1. The van der Waals surface area contributed by atoms with Gasteiger partial charge in [0.05, 0.1) is 11.7 Å². The minimum Gasteiger partial charge on any atom is -0.376 e. The summed E-state index contributed by atoms with van der Waals surface area (Å²) in [6, 6.07) is 10.7. The van der Waals surface area contributed by atoms with Crippen LogP contribution in [0.25, 0.3) is 0 Å². The van der Waals surface area contributed by atoms with Gasteiger partial charge in [0.2, 0.25) is 0 Å². The van der Waals surface area contributed by atoms with Gasteiger partial charge in [0.15, 0.2) is 0 Å². The molecule has 2 fully saturated rings. The van der Waals surface area contributed by atoms with Gasteiger partial charge in [0.25, 0.3) is 5.91 Å². The van der Waals surface area contributed by atoms with Crippen LogP contribution in [-0.2, 0) is 11.3 Å². The first kappa shape index (κ1) is 21.9. The van der Waals surface area contributed by atoms with Gasteiger partial charge in [-0.1, -0.05) is 18.2 Å². The molecule has 0 N–H and O–H groups in total. The Labute approximate surface area is 184 Å². The maximum absolute atomic E-state index is 14.0. The van der Waals surface area contributed by atoms with Crippen molar-refractivity contribution in [2.45, 2.75) is 45.3 Å². The monoisotopic (exact) mass is 425 g/mol. The molecule has 1 amide bonds. The number of nitrogens with zero attached hydrogens (tertiary/aromatic N) is 3. The summed E-state index contributed by atoms with van der Waals surface area (Å²) in [5.41, 5.74) is 2.20. The molecule has 0 bridgehead atoms. The van der Waals surface area contributed by atoms with Crippen molar-refractivity contribution in [3.05, 3.63) is 65.2 Å². The number of piperidine rings is 1. The number of likely N-dealkylation sites (tertiary alicyclic amines) is 1. The fraction of sp³-hybridized carbons (Fsp3) is 0.520. The molecule has 6 heteroatoms. The number of halogens is 1. The van der Waals surface area contributed by atoms with E-state index in [-0.39, 0.29) is 17.8 Å². The lowest BCUT2D eigenvalue weighted by Gasteiger charge is -2.35. The number of hydrogen-bond acceptors (Lipinski definition) is 4. The van der Waals surface area contributed by atoms with Crippen LogP contribution < -0.4 is 0 Å². The molecule has 2 saturated heterocycles. The van der Waals surface area contributed by atoms with Crippen LogP contribution in [0.1, 0.15) is 47.3 Å². The van der Waals surface area contributed by atoms with Crippen LogP contribution in [0.5, 0.6) is 0 Å². The Morgan fingerprint density at radius 1 is 1.16 bits per heavy atom. The van der Waals surface area contributed by atoms with Crippen LogP contribution in [0.2, 0.25) is 0 Å². The normalized spacial score (nSPS) is 20.1. The highest BCUT2D eigenvalue weighted by Gasteiger charge is 2.28. The van der Waals surface area contributed by atoms with E-state index < -0.39 is 0 Å². The number of rotatable bonds is 7. The Kier molecular flexibility index (Phi) is 7.30. The van der Waals surface area contributed by atoms with Gasteiger partial charge in [0, 0.05) is 43.7 Å². The van der Waals surface area contributed by atoms with Crippen LogP contribution in [0.3, 0.4) is 0 Å². The lowest BCUT2D eigenvalue weighted by molar-refractivity contribution is 0.0443. The highest BCUT2D eigenvalue weighted by Crippen LogP contribution is 2.23. The SMILES string of the molecule is Cc1ncccc1C(=O)N(CC1CCN(Cc2ccccc2F)CC1)CC1CCCO1. The summed E-state index contributed by atoms with van der Waals surface area (Å²) < 4.78 is 19.8. The summed E-state index contributed by atoms with van der Waals surface area (Å²) in [7, 11) is 0. The molecule has 0 radical (unpaired) electrons. The van der Waals surface area contributed by atoms with E-state index in [1.807, 2.05) is 36.1 Å². The molecule has 166 valence electrons. The second-order valence-corrected chi connectivity index (χ2v) is 8.79. The van der Waals surface area contributed by atoms with E-state index in [2.05, 4.69) is 9.88 Å². The first-order chi connectivity index (χ1) is 15.1. The van der Waals surface area contributed by atoms with E-state index in [9.17, 15) is 9.18 Å². The third-order valence-corrected chi connectivity index (χ3v) is 6.51. The molecule has 1 aromatic heterocycles. The van der Waals surface area contributed by atoms with Gasteiger partial charge in [-0.25, -0.2) is 4.39 Å². The predicted molar refractivity (Wildman–Crippen MR) is 118 cm³/mol. The molecular weight excluding hydrogens is 393 g/mol. The van der Waals surface area contributed by atoms with Crippen LogP contribution in [0.4, 0.5) is 4.39 Å². The zero-order valence-electron chi connectivity index (χ0n) is 18.3. The molecule has 0 spiro atoms. The highest BCUT2D eigenvalue weighted by molar-refractivity contribution is 5.95. The zero-order chi connectivity index (χ0) is 21.6. The van der Waals surface area contributed by atoms with Crippen LogP contribution in [0, 0.1) is 18.7 Å². The van der Waals surface area contributed by atoms with Crippen molar-refractivity contribution in [2.75, 3.05) is 32.8 Å². The number of carbonyl (C=O) groups is 1. The quantitative estimate of drug-likeness (QED) is 0.671. The molecule has 2 aromatic rings. The van der Waals surface area contributed by atoms with E-state index in [0.29, 0.717) is 24.6 Å². The molecule has 2 aliphatic rings. The summed E-state index contributed by atoms with van der Waals surface area (Å²) in [6.45, 7) is 6.54. The van der Waals surface area contributed by atoms with Gasteiger partial charge in [0.1, 0.15) is 5.82 Å². The zero-order valence-corrected chi connectivity index (χ0v) is 18.3. The maximum atomic E-state index is 14.0. The molecular formula is C25H32FN3O2. The van der Waals surface area contributed by atoms with Crippen molar-refractivity contribution >= 4 is 5.91 Å². The van der Waals surface area contributed by atoms with E-state index in [4.69, 9.17) is 4.74 Å². The second kappa shape index (κ2) is 10.3. The van der Waals surface area contributed by atoms with Crippen molar-refractivity contribution in [1.82, 2.24) is 14.8 Å². The van der Waals surface area contributed by atoms with Crippen molar-refractivity contribution < 1.29 is 13.9 Å². The van der Waals surface area contributed by atoms with Crippen molar-refractivity contribution in [3.8, 4) is 0 Å². The first-order valence-corrected chi connectivity index (χ1v) is 11.4. The lowest BCUT2D eigenvalue weighted by atomic mass is 9.95. The summed E-state index contributed by atoms with van der Waals surface area (Å²) >= 11 is 0. The summed E-state index contributed by atoms with van der Waals surface area (Å²) in [5.74, 6) is 0.360. The Hall–Kier alpha value is -2.31. The Morgan fingerprint density at radius 3 is 2.68 bits per heavy atom. The first-order valence-electron chi connectivity index (χ1n) is 11.4. The Morgan fingerprint density at radius 2 is 1.97 bits per heavy atom. The average molecular weight is 426 g/mol. The topological polar surface area (TPSA) is 45.7 Å². The molecule has 1 unspecified atom stereocenters. The molecule has 31 heavy (non-hydrogen) atoms. The predicted octanol–water partition coefficient (Wildman–Crippen LogP) is 4.06. The van der Waals surface area contributed by atoms with Gasteiger partial charge in [-0.05, 0) is 69.8 Å². The molecule has 0 aliphatic carbocycles. The van der Waals surface area contributed by atoms with E-state index >= 15 is 0 Å². The van der Waals surface area contributed by atoms with Crippen LogP contribution in [-0.4, -0.2) is 59.6 Å². The standard InChI is InChI=1S/C25H32FN3O2/c1-19-23(8-4-12-27-19)25(30)29(18-22-7-5-15-31-22)16-20-10-13-28(14-11-20)17-21-6-2-3-9-24(21)26/h2-4,6,8-9,12,20,22H,5,7,10-11,13-18H2,1H3. The molecule has 2 aliphatic heterocycles. The fourth-order valence-corrected chi connectivity index (χ4v) is 4.66. The Balaban J connectivity index is 1.37. The Bertz CT molecular complexity index is 877. The average Bonchev–Trinajstić information content (AvgIpc) is 3.29. The van der Waals surface area contributed by atoms with Gasteiger partial charge in [-0.15, -0.1) is 0 Å². The number of aromatic nitrogens is 1. The van der Waals surface area contributed by atoms with Crippen molar-refractivity contribution in [3.63, 3.8) is 0 Å². The van der Waals surface area contributed by atoms with E-state index in [0.717, 1.165) is 63.2 Å². The van der Waals surface area contributed by atoms with Crippen molar-refractivity contribution in [2.24, 2.45) is 5.92 Å². The highest BCUT2D eigenvalue weighted by atomic mass is 19.1. The maximum Gasteiger partial charge on any atom is 0.255 e. The number of aryl methyl sites for hydroxylation is 1. The molecule has 0 saturated carbocycles. The smallest absolute Gasteiger partial charge is 0.255 e. The molecule has 4 rings (SSSR count). The number of pyridine rings is 1. The van der Waals surface area contributed by atoms with Gasteiger partial charge < -0.3 is 9.64 Å². The third kappa shape index (κ3) is 5.69. The molecule has 1 atom stereocenters. The van der Waals surface area contributed by atoms with Crippen LogP contribution in [0.15, 0.2) is 42.6 Å². The number of benzene rings is 1. The molecule has 3 heterocycles. The van der Waals surface area contributed by atoms with Gasteiger partial charge in [-0.3, -0.25) is 14.7 Å². The largest absolute Gasteiger partial charge is 0.376 e. The van der Waals surface area contributed by atoms with E-state index in [1.165, 1.54) is 6.07 Å². The fourth-order valence-electron chi connectivity index (χ4n) is 4.66. The third-order valence-electron chi connectivity index (χ3n) is 6.51. The molecule has 1 aromatic carbocycles. The van der Waals surface area contributed by atoms with Gasteiger partial charge in [-0.2, -0.15) is 0 Å². The summed E-state index contributed by atoms with van der Waals surface area (Å²) in [6.07, 6.45) is 5.94.